The molecule has 0 aromatic rings. The Balaban J connectivity index is 2.42. The van der Waals surface area contributed by atoms with Crippen LogP contribution in [0.5, 0.6) is 0 Å². The second-order valence-corrected chi connectivity index (χ2v) is 14.1. The largest absolute Gasteiger partial charge is 0.462 e. The number of hydrogen-bond acceptors (Lipinski definition) is 10. The normalized spacial score (nSPS) is 21.3. The van der Waals surface area contributed by atoms with Gasteiger partial charge in [0.05, 0.1) is 13.2 Å². The molecule has 54 heavy (non-hydrogen) atoms. The van der Waals surface area contributed by atoms with Crippen molar-refractivity contribution in [1.82, 2.24) is 0 Å². The van der Waals surface area contributed by atoms with E-state index in [1.165, 1.54) is 57.8 Å². The lowest BCUT2D eigenvalue weighted by Gasteiger charge is -2.39. The van der Waals surface area contributed by atoms with Crippen LogP contribution in [0, 0.1) is 0 Å². The Labute approximate surface area is 326 Å². The average Bonchev–Trinajstić information content (AvgIpc) is 3.17. The van der Waals surface area contributed by atoms with Crippen LogP contribution >= 0.6 is 0 Å². The van der Waals surface area contributed by atoms with Crippen LogP contribution in [-0.4, -0.2) is 89.0 Å². The molecule has 6 atom stereocenters. The molecule has 1 fully saturated rings. The highest BCUT2D eigenvalue weighted by atomic mass is 16.7. The SMILES string of the molecule is CC/C=C\C/C=C\C/C=C\C/C=C\C/C=C\CCCC(=O)OC(COC(=O)CCCCCCCCCCCCCC)COC1OC(CO)C(O)C(O)C1O. The number of carbonyl (C=O) groups excluding carboxylic acids is 2. The zero-order chi connectivity index (χ0) is 39.5. The van der Waals surface area contributed by atoms with Crippen LogP contribution in [0.2, 0.25) is 0 Å². The molecule has 0 radical (unpaired) electrons. The van der Waals surface area contributed by atoms with E-state index in [1.54, 1.807) is 0 Å². The van der Waals surface area contributed by atoms with Gasteiger partial charge < -0.3 is 39.4 Å². The maximum atomic E-state index is 12.7. The number of esters is 2. The van der Waals surface area contributed by atoms with Crippen molar-refractivity contribution in [3.63, 3.8) is 0 Å². The molecule has 1 rings (SSSR count). The van der Waals surface area contributed by atoms with Gasteiger partial charge in [-0.15, -0.1) is 0 Å². The van der Waals surface area contributed by atoms with Gasteiger partial charge in [-0.1, -0.05) is 145 Å². The van der Waals surface area contributed by atoms with Crippen molar-refractivity contribution in [2.24, 2.45) is 0 Å². The van der Waals surface area contributed by atoms with Gasteiger partial charge in [0.1, 0.15) is 31.0 Å². The highest BCUT2D eigenvalue weighted by Crippen LogP contribution is 2.22. The minimum Gasteiger partial charge on any atom is -0.462 e. The van der Waals surface area contributed by atoms with Crippen molar-refractivity contribution in [2.75, 3.05) is 19.8 Å². The van der Waals surface area contributed by atoms with Gasteiger partial charge in [-0.05, 0) is 51.4 Å². The first kappa shape index (κ1) is 49.4. The molecule has 0 saturated carbocycles. The summed E-state index contributed by atoms with van der Waals surface area (Å²) >= 11 is 0. The van der Waals surface area contributed by atoms with E-state index in [9.17, 15) is 30.0 Å². The molecule has 6 unspecified atom stereocenters. The molecule has 310 valence electrons. The summed E-state index contributed by atoms with van der Waals surface area (Å²) in [5.41, 5.74) is 0. The van der Waals surface area contributed by atoms with Crippen LogP contribution < -0.4 is 0 Å². The third-order valence-electron chi connectivity index (χ3n) is 9.17. The van der Waals surface area contributed by atoms with Gasteiger partial charge in [-0.25, -0.2) is 0 Å². The Morgan fingerprint density at radius 1 is 0.593 bits per heavy atom. The molecule has 0 amide bonds. The fraction of sp³-hybridized carbons (Fsp3) is 0.727. The molecule has 0 spiro atoms. The number of aliphatic hydroxyl groups is 4. The van der Waals surface area contributed by atoms with Gasteiger partial charge in [0.25, 0.3) is 0 Å². The van der Waals surface area contributed by atoms with E-state index in [0.29, 0.717) is 12.8 Å². The van der Waals surface area contributed by atoms with Crippen molar-refractivity contribution < 1.29 is 49.0 Å². The molecule has 10 nitrogen and oxygen atoms in total. The summed E-state index contributed by atoms with van der Waals surface area (Å²) in [4.78, 5) is 25.2. The topological polar surface area (TPSA) is 152 Å². The van der Waals surface area contributed by atoms with E-state index in [-0.39, 0.29) is 26.1 Å². The van der Waals surface area contributed by atoms with Crippen LogP contribution in [0.15, 0.2) is 60.8 Å². The molecule has 1 saturated heterocycles. The maximum Gasteiger partial charge on any atom is 0.306 e. The van der Waals surface area contributed by atoms with Crippen LogP contribution in [0.1, 0.15) is 149 Å². The summed E-state index contributed by atoms with van der Waals surface area (Å²) in [6, 6.07) is 0. The summed E-state index contributed by atoms with van der Waals surface area (Å²) < 4.78 is 22.0. The molecule has 10 heteroatoms. The maximum absolute atomic E-state index is 12.7. The van der Waals surface area contributed by atoms with Crippen molar-refractivity contribution in [3.8, 4) is 0 Å². The predicted molar refractivity (Wildman–Crippen MR) is 215 cm³/mol. The second-order valence-electron chi connectivity index (χ2n) is 14.1. The Kier molecular flexibility index (Phi) is 31.9. The molecule has 0 aromatic carbocycles. The summed E-state index contributed by atoms with van der Waals surface area (Å²) in [7, 11) is 0. The Hall–Kier alpha value is -2.60. The Morgan fingerprint density at radius 3 is 1.63 bits per heavy atom. The lowest BCUT2D eigenvalue weighted by Crippen LogP contribution is -2.59. The van der Waals surface area contributed by atoms with Gasteiger partial charge in [-0.2, -0.15) is 0 Å². The fourth-order valence-electron chi connectivity index (χ4n) is 5.87. The Morgan fingerprint density at radius 2 is 1.09 bits per heavy atom. The smallest absolute Gasteiger partial charge is 0.306 e. The third kappa shape index (κ3) is 26.2. The predicted octanol–water partition coefficient (Wildman–Crippen LogP) is 8.27. The van der Waals surface area contributed by atoms with Gasteiger partial charge in [-0.3, -0.25) is 9.59 Å². The number of hydrogen-bond donors (Lipinski definition) is 4. The lowest BCUT2D eigenvalue weighted by molar-refractivity contribution is -0.305. The van der Waals surface area contributed by atoms with Crippen LogP contribution in [0.3, 0.4) is 0 Å². The first-order valence-corrected chi connectivity index (χ1v) is 20.9. The number of aliphatic hydroxyl groups excluding tert-OH is 4. The van der Waals surface area contributed by atoms with E-state index < -0.39 is 55.4 Å². The monoisotopic (exact) mass is 763 g/mol. The number of allylic oxidation sites excluding steroid dienone is 10. The summed E-state index contributed by atoms with van der Waals surface area (Å²) in [6.45, 7) is 3.23. The van der Waals surface area contributed by atoms with Crippen LogP contribution in [0.4, 0.5) is 0 Å². The second kappa shape index (κ2) is 34.9. The fourth-order valence-corrected chi connectivity index (χ4v) is 5.87. The molecule has 4 N–H and O–H groups in total. The van der Waals surface area contributed by atoms with E-state index in [4.69, 9.17) is 18.9 Å². The van der Waals surface area contributed by atoms with Crippen LogP contribution in [-0.2, 0) is 28.5 Å². The number of rotatable bonds is 33. The standard InChI is InChI=1S/C44H74O10/c1-3-5-7-9-11-13-15-17-18-19-20-21-23-25-27-29-31-33-40(47)53-37(36-52-44-43(50)42(49)41(48)38(34-45)54-44)35-51-39(46)32-30-28-26-24-22-16-14-12-10-8-6-4-2/h5,7,11,13,17-18,20-21,25,27,37-38,41-45,48-50H,3-4,6,8-10,12,14-16,19,22-24,26,28-36H2,1-2H3/b7-5-,13-11-,18-17-,21-20-,27-25-. The molecule has 0 aromatic heterocycles. The molecule has 1 aliphatic heterocycles. The molecular formula is C44H74O10. The van der Waals surface area contributed by atoms with E-state index in [1.807, 2.05) is 6.08 Å². The van der Waals surface area contributed by atoms with Gasteiger partial charge in [0.15, 0.2) is 12.4 Å². The van der Waals surface area contributed by atoms with Crippen molar-refractivity contribution >= 4 is 11.9 Å². The summed E-state index contributed by atoms with van der Waals surface area (Å²) in [5, 5.41) is 40.0. The first-order valence-electron chi connectivity index (χ1n) is 20.9. The quantitative estimate of drug-likeness (QED) is 0.0292. The number of carbonyl (C=O) groups is 2. The number of ether oxygens (including phenoxy) is 4. The van der Waals surface area contributed by atoms with Gasteiger partial charge >= 0.3 is 11.9 Å². The zero-order valence-corrected chi connectivity index (χ0v) is 33.4. The lowest BCUT2D eigenvalue weighted by atomic mass is 9.99. The van der Waals surface area contributed by atoms with Crippen LogP contribution in [0.25, 0.3) is 0 Å². The zero-order valence-electron chi connectivity index (χ0n) is 33.4. The van der Waals surface area contributed by atoms with Crippen molar-refractivity contribution in [3.05, 3.63) is 60.8 Å². The minimum absolute atomic E-state index is 0.150. The molecular weight excluding hydrogens is 688 g/mol. The van der Waals surface area contributed by atoms with Crippen molar-refractivity contribution in [2.45, 2.75) is 185 Å². The summed E-state index contributed by atoms with van der Waals surface area (Å²) in [5.74, 6) is -0.879. The van der Waals surface area contributed by atoms with Gasteiger partial charge in [0, 0.05) is 12.8 Å². The number of unbranched alkanes of at least 4 members (excludes halogenated alkanes) is 12. The van der Waals surface area contributed by atoms with Crippen molar-refractivity contribution in [1.29, 1.82) is 0 Å². The Bertz CT molecular complexity index is 1070. The summed E-state index contributed by atoms with van der Waals surface area (Å²) in [6.07, 6.45) is 33.8. The molecule has 0 bridgehead atoms. The average molecular weight is 763 g/mol. The van der Waals surface area contributed by atoms with E-state index in [2.05, 4.69) is 68.5 Å². The third-order valence-corrected chi connectivity index (χ3v) is 9.17. The minimum atomic E-state index is -1.61. The molecule has 0 aliphatic carbocycles. The van der Waals surface area contributed by atoms with Gasteiger partial charge in [0.2, 0.25) is 0 Å². The molecule has 1 aliphatic rings. The highest BCUT2D eigenvalue weighted by molar-refractivity contribution is 5.70. The van der Waals surface area contributed by atoms with E-state index >= 15 is 0 Å². The van der Waals surface area contributed by atoms with E-state index in [0.717, 1.165) is 51.4 Å². The first-order chi connectivity index (χ1) is 26.3. The highest BCUT2D eigenvalue weighted by Gasteiger charge is 2.44. The molecule has 1 heterocycles.